The van der Waals surface area contributed by atoms with Crippen LogP contribution >= 0.6 is 0 Å². The van der Waals surface area contributed by atoms with E-state index in [0.717, 1.165) is 52.2 Å². The van der Waals surface area contributed by atoms with Gasteiger partial charge < -0.3 is 24.7 Å². The Hall–Kier alpha value is -3.25. The van der Waals surface area contributed by atoms with Crippen LogP contribution in [0.2, 0.25) is 0 Å². The van der Waals surface area contributed by atoms with Gasteiger partial charge in [-0.05, 0) is 25.0 Å². The predicted octanol–water partition coefficient (Wildman–Crippen LogP) is -0.127. The van der Waals surface area contributed by atoms with Gasteiger partial charge in [-0.2, -0.15) is 19.5 Å². The van der Waals surface area contributed by atoms with E-state index in [1.165, 1.54) is 4.52 Å². The maximum Gasteiger partial charge on any atom is 0.259 e. The molecule has 3 aromatic rings. The number of nitrogen functional groups attached to an aromatic ring is 1. The number of ether oxygens (including phenoxy) is 1. The number of piperazine rings is 1. The second-order valence-corrected chi connectivity index (χ2v) is 8.41. The van der Waals surface area contributed by atoms with Crippen molar-refractivity contribution in [2.75, 3.05) is 56.6 Å². The molecular formula is C20H25N9O3. The van der Waals surface area contributed by atoms with Gasteiger partial charge in [0.15, 0.2) is 5.76 Å². The molecular weight excluding hydrogens is 414 g/mol. The van der Waals surface area contributed by atoms with Crippen LogP contribution < -0.4 is 10.6 Å². The van der Waals surface area contributed by atoms with E-state index < -0.39 is 0 Å². The van der Waals surface area contributed by atoms with Crippen LogP contribution in [-0.4, -0.2) is 98.3 Å². The molecule has 3 aromatic heterocycles. The van der Waals surface area contributed by atoms with E-state index in [-0.39, 0.29) is 17.9 Å². The summed E-state index contributed by atoms with van der Waals surface area (Å²) in [5, 5.41) is 4.34. The number of aromatic nitrogens is 5. The molecule has 1 amide bonds. The largest absolute Gasteiger partial charge is 0.461 e. The summed E-state index contributed by atoms with van der Waals surface area (Å²) in [7, 11) is 0. The molecule has 0 aliphatic carbocycles. The lowest BCUT2D eigenvalue weighted by Gasteiger charge is -2.43. The average Bonchev–Trinajstić information content (AvgIpc) is 3.52. The molecule has 12 heteroatoms. The number of amides is 1. The Balaban J connectivity index is 1.21. The highest BCUT2D eigenvalue weighted by Gasteiger charge is 2.38. The number of rotatable bonds is 4. The Morgan fingerprint density at radius 2 is 1.94 bits per heavy atom. The first-order valence-electron chi connectivity index (χ1n) is 11.0. The zero-order valence-corrected chi connectivity index (χ0v) is 17.6. The SMILES string of the molecule is Nc1nc(N2CCC[C@H]2C(=O)N2CCN(C3COC3)CC2)nc2nc(-c3ccco3)nn12. The quantitative estimate of drug-likeness (QED) is 0.586. The molecule has 0 spiro atoms. The number of carbonyl (C=O) groups excluding carboxylic acids is 1. The van der Waals surface area contributed by atoms with Gasteiger partial charge in [-0.3, -0.25) is 9.69 Å². The maximum absolute atomic E-state index is 13.4. The van der Waals surface area contributed by atoms with Gasteiger partial charge in [0.2, 0.25) is 23.6 Å². The second-order valence-electron chi connectivity index (χ2n) is 8.41. The van der Waals surface area contributed by atoms with Crippen molar-refractivity contribution in [2.24, 2.45) is 0 Å². The number of fused-ring (bicyclic) bond motifs is 1. The Morgan fingerprint density at radius 3 is 2.66 bits per heavy atom. The molecule has 6 rings (SSSR count). The summed E-state index contributed by atoms with van der Waals surface area (Å²) in [4.78, 5) is 33.1. The van der Waals surface area contributed by atoms with Crippen LogP contribution in [0, 0.1) is 0 Å². The van der Waals surface area contributed by atoms with Gasteiger partial charge in [-0.15, -0.1) is 5.10 Å². The third-order valence-electron chi connectivity index (χ3n) is 6.52. The van der Waals surface area contributed by atoms with Crippen molar-refractivity contribution in [1.82, 2.24) is 34.4 Å². The summed E-state index contributed by atoms with van der Waals surface area (Å²) in [6.07, 6.45) is 3.23. The monoisotopic (exact) mass is 439 g/mol. The van der Waals surface area contributed by atoms with Crippen LogP contribution in [0.4, 0.5) is 11.9 Å². The summed E-state index contributed by atoms with van der Waals surface area (Å²) >= 11 is 0. The number of hydrogen-bond acceptors (Lipinski definition) is 10. The molecule has 3 saturated heterocycles. The molecule has 0 saturated carbocycles. The minimum atomic E-state index is -0.289. The molecule has 3 aliphatic rings. The zero-order chi connectivity index (χ0) is 21.7. The molecule has 168 valence electrons. The second kappa shape index (κ2) is 7.71. The van der Waals surface area contributed by atoms with Gasteiger partial charge in [0.25, 0.3) is 5.78 Å². The molecule has 2 N–H and O–H groups in total. The van der Waals surface area contributed by atoms with Gasteiger partial charge in [-0.25, -0.2) is 0 Å². The third kappa shape index (κ3) is 3.26. The third-order valence-corrected chi connectivity index (χ3v) is 6.52. The van der Waals surface area contributed by atoms with Crippen LogP contribution in [0.15, 0.2) is 22.8 Å². The van der Waals surface area contributed by atoms with Crippen LogP contribution in [0.1, 0.15) is 12.8 Å². The van der Waals surface area contributed by atoms with Crippen molar-refractivity contribution in [3.05, 3.63) is 18.4 Å². The van der Waals surface area contributed by atoms with Gasteiger partial charge in [0.05, 0.1) is 25.5 Å². The van der Waals surface area contributed by atoms with Gasteiger partial charge >= 0.3 is 0 Å². The first-order valence-corrected chi connectivity index (χ1v) is 11.0. The molecule has 32 heavy (non-hydrogen) atoms. The Labute approximate surface area is 184 Å². The van der Waals surface area contributed by atoms with E-state index in [1.807, 2.05) is 9.80 Å². The number of nitrogens with zero attached hydrogens (tertiary/aromatic N) is 8. The van der Waals surface area contributed by atoms with Crippen molar-refractivity contribution in [1.29, 1.82) is 0 Å². The first-order chi connectivity index (χ1) is 15.7. The standard InChI is InChI=1S/C20H25N9O3/c21-18-23-19(24-20-22-16(25-29(18)20)15-4-2-10-32-15)28-5-1-3-14(28)17(30)27-8-6-26(7-9-27)13-11-31-12-13/h2,4,10,13-14H,1,3,5-9,11-12H2,(H2,21,22,23,24,25)/t14-/m0/s1. The summed E-state index contributed by atoms with van der Waals surface area (Å²) in [5.41, 5.74) is 6.16. The summed E-state index contributed by atoms with van der Waals surface area (Å²) < 4.78 is 12.1. The lowest BCUT2D eigenvalue weighted by Crippen LogP contribution is -2.59. The summed E-state index contributed by atoms with van der Waals surface area (Å²) in [6.45, 7) is 5.54. The Kier molecular flexibility index (Phi) is 4.68. The van der Waals surface area contributed by atoms with Gasteiger partial charge in [0, 0.05) is 32.7 Å². The molecule has 0 unspecified atom stereocenters. The molecule has 3 aliphatic heterocycles. The molecule has 12 nitrogen and oxygen atoms in total. The van der Waals surface area contributed by atoms with E-state index in [9.17, 15) is 4.79 Å². The number of carbonyl (C=O) groups is 1. The highest BCUT2D eigenvalue weighted by Crippen LogP contribution is 2.26. The molecule has 1 atom stereocenters. The number of nitrogens with two attached hydrogens (primary N) is 1. The van der Waals surface area contributed by atoms with E-state index in [0.29, 0.717) is 35.9 Å². The van der Waals surface area contributed by atoms with Crippen molar-refractivity contribution in [3.8, 4) is 11.6 Å². The topological polar surface area (TPSA) is 131 Å². The Morgan fingerprint density at radius 1 is 1.09 bits per heavy atom. The van der Waals surface area contributed by atoms with Gasteiger partial charge in [0.1, 0.15) is 6.04 Å². The maximum atomic E-state index is 13.4. The van der Waals surface area contributed by atoms with Crippen LogP contribution in [0.3, 0.4) is 0 Å². The number of furan rings is 1. The predicted molar refractivity (Wildman–Crippen MR) is 114 cm³/mol. The van der Waals surface area contributed by atoms with E-state index in [4.69, 9.17) is 14.9 Å². The van der Waals surface area contributed by atoms with Crippen molar-refractivity contribution in [2.45, 2.75) is 24.9 Å². The molecule has 0 radical (unpaired) electrons. The lowest BCUT2D eigenvalue weighted by atomic mass is 10.1. The smallest absolute Gasteiger partial charge is 0.259 e. The van der Waals surface area contributed by atoms with Crippen molar-refractivity contribution >= 4 is 23.6 Å². The number of anilines is 2. The fourth-order valence-corrected chi connectivity index (χ4v) is 4.65. The minimum absolute atomic E-state index is 0.131. The first kappa shape index (κ1) is 19.4. The average molecular weight is 439 g/mol. The summed E-state index contributed by atoms with van der Waals surface area (Å²) in [6, 6.07) is 3.75. The van der Waals surface area contributed by atoms with Crippen LogP contribution in [0.5, 0.6) is 0 Å². The lowest BCUT2D eigenvalue weighted by molar-refractivity contribution is -0.136. The van der Waals surface area contributed by atoms with Crippen molar-refractivity contribution in [3.63, 3.8) is 0 Å². The van der Waals surface area contributed by atoms with Gasteiger partial charge in [-0.1, -0.05) is 0 Å². The van der Waals surface area contributed by atoms with Crippen LogP contribution in [0.25, 0.3) is 17.4 Å². The highest BCUT2D eigenvalue weighted by molar-refractivity contribution is 5.85. The molecule has 6 heterocycles. The molecule has 0 bridgehead atoms. The summed E-state index contributed by atoms with van der Waals surface area (Å²) in [5.74, 6) is 1.95. The van der Waals surface area contributed by atoms with Crippen LogP contribution in [-0.2, 0) is 9.53 Å². The fraction of sp³-hybridized carbons (Fsp3) is 0.550. The number of hydrogen-bond donors (Lipinski definition) is 1. The highest BCUT2D eigenvalue weighted by atomic mass is 16.5. The van der Waals surface area contributed by atoms with E-state index in [2.05, 4.69) is 25.0 Å². The van der Waals surface area contributed by atoms with E-state index in [1.54, 1.807) is 18.4 Å². The zero-order valence-electron chi connectivity index (χ0n) is 17.6. The van der Waals surface area contributed by atoms with E-state index >= 15 is 0 Å². The van der Waals surface area contributed by atoms with Crippen molar-refractivity contribution < 1.29 is 13.9 Å². The fourth-order valence-electron chi connectivity index (χ4n) is 4.65. The molecule has 3 fully saturated rings. The minimum Gasteiger partial charge on any atom is -0.461 e. The normalized spacial score (nSPS) is 22.6. The molecule has 0 aromatic carbocycles. The Bertz CT molecular complexity index is 1120.